The van der Waals surface area contributed by atoms with E-state index in [1.165, 1.54) is 11.3 Å². The van der Waals surface area contributed by atoms with Crippen LogP contribution >= 0.6 is 0 Å². The highest BCUT2D eigenvalue weighted by Gasteiger charge is 2.16. The largest absolute Gasteiger partial charge is 0.496 e. The van der Waals surface area contributed by atoms with Crippen LogP contribution < -0.4 is 10.1 Å². The fraction of sp³-hybridized carbons (Fsp3) is 0.400. The zero-order chi connectivity index (χ0) is 13.8. The highest BCUT2D eigenvalue weighted by atomic mass is 16.5. The molecule has 2 rings (SSSR count). The van der Waals surface area contributed by atoms with Gasteiger partial charge in [0.2, 0.25) is 0 Å². The van der Waals surface area contributed by atoms with E-state index in [1.54, 1.807) is 7.11 Å². The Kier molecular flexibility index (Phi) is 4.22. The van der Waals surface area contributed by atoms with Crippen LogP contribution in [0.1, 0.15) is 23.0 Å². The van der Waals surface area contributed by atoms with E-state index in [2.05, 4.69) is 22.5 Å². The van der Waals surface area contributed by atoms with Gasteiger partial charge in [-0.1, -0.05) is 18.2 Å². The lowest BCUT2D eigenvalue weighted by atomic mass is 10.0. The third kappa shape index (κ3) is 2.96. The zero-order valence-electron chi connectivity index (χ0n) is 12.0. The van der Waals surface area contributed by atoms with E-state index in [1.807, 2.05) is 43.9 Å². The van der Waals surface area contributed by atoms with Gasteiger partial charge in [0.25, 0.3) is 0 Å². The fourth-order valence-electron chi connectivity index (χ4n) is 2.40. The molecule has 1 unspecified atom stereocenters. The number of benzene rings is 1. The van der Waals surface area contributed by atoms with Crippen LogP contribution in [0.4, 0.5) is 0 Å². The lowest BCUT2D eigenvalue weighted by molar-refractivity contribution is 0.405. The average molecular weight is 259 g/mol. The minimum absolute atomic E-state index is 0.225. The van der Waals surface area contributed by atoms with Crippen molar-refractivity contribution in [1.29, 1.82) is 0 Å². The summed E-state index contributed by atoms with van der Waals surface area (Å²) in [5.41, 5.74) is 3.42. The number of likely N-dealkylation sites (N-methyl/N-ethyl adjacent to an activating group) is 1. The Morgan fingerprint density at radius 1 is 1.37 bits per heavy atom. The second kappa shape index (κ2) is 5.89. The van der Waals surface area contributed by atoms with Crippen LogP contribution in [-0.2, 0) is 13.5 Å². The monoisotopic (exact) mass is 259 g/mol. The van der Waals surface area contributed by atoms with Gasteiger partial charge < -0.3 is 10.1 Å². The zero-order valence-corrected chi connectivity index (χ0v) is 12.0. The Bertz CT molecular complexity index is 548. The van der Waals surface area contributed by atoms with E-state index >= 15 is 0 Å². The number of nitrogens with one attached hydrogen (secondary N) is 1. The maximum atomic E-state index is 5.41. The molecule has 4 nitrogen and oxygen atoms in total. The smallest absolute Gasteiger partial charge is 0.122 e. The summed E-state index contributed by atoms with van der Waals surface area (Å²) in [6, 6.07) is 10.5. The predicted molar refractivity (Wildman–Crippen MR) is 76.4 cm³/mol. The number of hydrogen-bond donors (Lipinski definition) is 1. The maximum Gasteiger partial charge on any atom is 0.122 e. The van der Waals surface area contributed by atoms with Crippen molar-refractivity contribution in [2.24, 2.45) is 7.05 Å². The molecule has 102 valence electrons. The molecular formula is C15H21N3O. The van der Waals surface area contributed by atoms with Crippen molar-refractivity contribution in [2.75, 3.05) is 14.2 Å². The molecule has 1 heterocycles. The van der Waals surface area contributed by atoms with Crippen molar-refractivity contribution in [3.63, 3.8) is 0 Å². The molecule has 0 aliphatic carbocycles. The molecule has 0 bridgehead atoms. The summed E-state index contributed by atoms with van der Waals surface area (Å²) in [6.07, 6.45) is 0.874. The van der Waals surface area contributed by atoms with E-state index in [9.17, 15) is 0 Å². The van der Waals surface area contributed by atoms with Gasteiger partial charge in [-0.3, -0.25) is 4.68 Å². The second-order valence-electron chi connectivity index (χ2n) is 4.69. The van der Waals surface area contributed by atoms with Gasteiger partial charge >= 0.3 is 0 Å². The molecule has 1 aromatic heterocycles. The summed E-state index contributed by atoms with van der Waals surface area (Å²) < 4.78 is 7.35. The van der Waals surface area contributed by atoms with Crippen LogP contribution in [0.3, 0.4) is 0 Å². The molecule has 0 saturated heterocycles. The van der Waals surface area contributed by atoms with Gasteiger partial charge in [-0.15, -0.1) is 0 Å². The fourth-order valence-corrected chi connectivity index (χ4v) is 2.40. The van der Waals surface area contributed by atoms with Crippen LogP contribution in [0.25, 0.3) is 0 Å². The Balaban J connectivity index is 2.26. The minimum Gasteiger partial charge on any atom is -0.496 e. The number of nitrogens with zero attached hydrogens (tertiary/aromatic N) is 2. The quantitative estimate of drug-likeness (QED) is 0.895. The van der Waals surface area contributed by atoms with E-state index in [-0.39, 0.29) is 6.04 Å². The SMILES string of the molecule is CNC(Cc1ccccc1OC)c1cc(C)nn1C. The summed E-state index contributed by atoms with van der Waals surface area (Å²) in [7, 11) is 5.67. The minimum atomic E-state index is 0.225. The Hall–Kier alpha value is -1.81. The first-order chi connectivity index (χ1) is 9.15. The first-order valence-electron chi connectivity index (χ1n) is 6.45. The first-order valence-corrected chi connectivity index (χ1v) is 6.45. The van der Waals surface area contributed by atoms with Gasteiger partial charge in [0.05, 0.1) is 24.5 Å². The number of rotatable bonds is 5. The molecule has 0 aliphatic heterocycles. The van der Waals surface area contributed by atoms with Gasteiger partial charge in [0.1, 0.15) is 5.75 Å². The summed E-state index contributed by atoms with van der Waals surface area (Å²) in [5, 5.41) is 7.77. The number of aromatic nitrogens is 2. The number of ether oxygens (including phenoxy) is 1. The standard InChI is InChI=1S/C15H21N3O/c1-11-9-14(18(3)17-11)13(16-2)10-12-7-5-6-8-15(12)19-4/h5-9,13,16H,10H2,1-4H3. The molecule has 4 heteroatoms. The molecule has 2 aromatic rings. The molecule has 0 saturated carbocycles. The highest BCUT2D eigenvalue weighted by Crippen LogP contribution is 2.24. The average Bonchev–Trinajstić information content (AvgIpc) is 2.75. The molecule has 1 aromatic carbocycles. The van der Waals surface area contributed by atoms with Crippen molar-refractivity contribution in [3.8, 4) is 5.75 Å². The Labute approximate surface area is 114 Å². The van der Waals surface area contributed by atoms with E-state index < -0.39 is 0 Å². The normalized spacial score (nSPS) is 12.4. The molecular weight excluding hydrogens is 238 g/mol. The molecule has 0 spiro atoms. The topological polar surface area (TPSA) is 39.1 Å². The van der Waals surface area contributed by atoms with E-state index in [0.29, 0.717) is 0 Å². The molecule has 1 atom stereocenters. The maximum absolute atomic E-state index is 5.41. The van der Waals surface area contributed by atoms with Crippen molar-refractivity contribution in [2.45, 2.75) is 19.4 Å². The number of aryl methyl sites for hydroxylation is 2. The Morgan fingerprint density at radius 3 is 2.68 bits per heavy atom. The summed E-state index contributed by atoms with van der Waals surface area (Å²) >= 11 is 0. The van der Waals surface area contributed by atoms with E-state index in [4.69, 9.17) is 4.74 Å². The number of para-hydroxylation sites is 1. The first kappa shape index (κ1) is 13.6. The third-order valence-electron chi connectivity index (χ3n) is 3.36. The van der Waals surface area contributed by atoms with Crippen LogP contribution in [0.5, 0.6) is 5.75 Å². The molecule has 19 heavy (non-hydrogen) atoms. The number of hydrogen-bond acceptors (Lipinski definition) is 3. The molecule has 0 amide bonds. The summed E-state index contributed by atoms with van der Waals surface area (Å²) in [6.45, 7) is 2.01. The second-order valence-corrected chi connectivity index (χ2v) is 4.69. The molecule has 1 N–H and O–H groups in total. The van der Waals surface area contributed by atoms with Crippen molar-refractivity contribution in [1.82, 2.24) is 15.1 Å². The molecule has 0 fully saturated rings. The molecule has 0 radical (unpaired) electrons. The van der Waals surface area contributed by atoms with Crippen LogP contribution in [0, 0.1) is 6.92 Å². The van der Waals surface area contributed by atoms with Crippen LogP contribution in [0.2, 0.25) is 0 Å². The van der Waals surface area contributed by atoms with Gasteiger partial charge in [-0.05, 0) is 38.1 Å². The molecule has 0 aliphatic rings. The van der Waals surface area contributed by atoms with Crippen LogP contribution in [0.15, 0.2) is 30.3 Å². The van der Waals surface area contributed by atoms with Gasteiger partial charge in [0, 0.05) is 7.05 Å². The Morgan fingerprint density at radius 2 is 2.11 bits per heavy atom. The third-order valence-corrected chi connectivity index (χ3v) is 3.36. The van der Waals surface area contributed by atoms with Gasteiger partial charge in [0.15, 0.2) is 0 Å². The van der Waals surface area contributed by atoms with Gasteiger partial charge in [-0.2, -0.15) is 5.10 Å². The van der Waals surface area contributed by atoms with Crippen molar-refractivity contribution >= 4 is 0 Å². The van der Waals surface area contributed by atoms with Crippen molar-refractivity contribution in [3.05, 3.63) is 47.3 Å². The van der Waals surface area contributed by atoms with Crippen molar-refractivity contribution < 1.29 is 4.74 Å². The van der Waals surface area contributed by atoms with E-state index in [0.717, 1.165) is 17.9 Å². The highest BCUT2D eigenvalue weighted by molar-refractivity contribution is 5.34. The summed E-state index contributed by atoms with van der Waals surface area (Å²) in [4.78, 5) is 0. The van der Waals surface area contributed by atoms with Gasteiger partial charge in [-0.25, -0.2) is 0 Å². The predicted octanol–water partition coefficient (Wildman–Crippen LogP) is 2.24. The lowest BCUT2D eigenvalue weighted by Gasteiger charge is -2.18. The van der Waals surface area contributed by atoms with Crippen LogP contribution in [-0.4, -0.2) is 23.9 Å². The summed E-state index contributed by atoms with van der Waals surface area (Å²) in [5.74, 6) is 0.932. The number of methoxy groups -OCH3 is 1. The lowest BCUT2D eigenvalue weighted by Crippen LogP contribution is -2.21.